The highest BCUT2D eigenvalue weighted by Crippen LogP contribution is 2.36. The second-order valence-electron chi connectivity index (χ2n) is 15.6. The number of ether oxygens (including phenoxy) is 2. The van der Waals surface area contributed by atoms with Crippen molar-refractivity contribution < 1.29 is 52.9 Å². The zero-order valence-electron chi connectivity index (χ0n) is 37.0. The van der Waals surface area contributed by atoms with Crippen LogP contribution >= 0.6 is 19.6 Å². The molecule has 0 radical (unpaired) electrons. The molecule has 0 aromatic rings. The van der Waals surface area contributed by atoms with Crippen molar-refractivity contribution in [2.75, 3.05) is 19.0 Å². The topological polar surface area (TPSA) is 203 Å². The molecule has 0 aliphatic carbocycles. The highest BCUT2D eigenvalue weighted by atomic mass is 32.2. The summed E-state index contributed by atoms with van der Waals surface area (Å²) in [6, 6.07) is -1.20. The number of hydrogen-bond donors (Lipinski definition) is 5. The maximum Gasteiger partial charge on any atom is 0.469 e. The van der Waals surface area contributed by atoms with E-state index in [0.717, 1.165) is 32.1 Å². The van der Waals surface area contributed by atoms with Crippen LogP contribution in [0.5, 0.6) is 0 Å². The van der Waals surface area contributed by atoms with E-state index in [4.69, 9.17) is 20.3 Å². The molecular formula is C46H82NO11PS. The van der Waals surface area contributed by atoms with E-state index in [1.54, 1.807) is 18.2 Å². The van der Waals surface area contributed by atoms with Crippen LogP contribution in [0.4, 0.5) is 0 Å². The van der Waals surface area contributed by atoms with Crippen LogP contribution in [0.3, 0.4) is 0 Å². The molecule has 0 heterocycles. The van der Waals surface area contributed by atoms with Crippen molar-refractivity contribution in [3.05, 3.63) is 48.6 Å². The molecule has 0 saturated carbocycles. The van der Waals surface area contributed by atoms with Crippen molar-refractivity contribution in [2.45, 2.75) is 204 Å². The third-order valence-electron chi connectivity index (χ3n) is 9.85. The third-order valence-corrected chi connectivity index (χ3v) is 11.7. The summed E-state index contributed by atoms with van der Waals surface area (Å²) in [7, 11) is -4.92. The molecule has 0 saturated heterocycles. The molecule has 0 aliphatic heterocycles. The number of aliphatic carboxylic acids is 1. The average molecular weight is 888 g/mol. The first-order valence-electron chi connectivity index (χ1n) is 22.9. The van der Waals surface area contributed by atoms with Crippen molar-refractivity contribution in [3.63, 3.8) is 0 Å². The number of aliphatic hydroxyl groups is 1. The second-order valence-corrected chi connectivity index (χ2v) is 18.0. The van der Waals surface area contributed by atoms with Gasteiger partial charge in [-0.2, -0.15) is 0 Å². The maximum absolute atomic E-state index is 13.0. The Morgan fingerprint density at radius 1 is 0.683 bits per heavy atom. The van der Waals surface area contributed by atoms with Crippen molar-refractivity contribution in [1.29, 1.82) is 0 Å². The number of carboxylic acids is 1. The molecule has 0 aromatic carbocycles. The molecule has 4 atom stereocenters. The monoisotopic (exact) mass is 888 g/mol. The number of thioether (sulfide) groups is 1. The normalized spacial score (nSPS) is 14.4. The van der Waals surface area contributed by atoms with Gasteiger partial charge in [-0.25, -0.2) is 4.57 Å². The Morgan fingerprint density at radius 2 is 1.23 bits per heavy atom. The molecule has 12 nitrogen and oxygen atoms in total. The first-order valence-corrected chi connectivity index (χ1v) is 25.5. The van der Waals surface area contributed by atoms with Gasteiger partial charge in [0.05, 0.1) is 12.7 Å². The van der Waals surface area contributed by atoms with E-state index in [-0.39, 0.29) is 31.4 Å². The van der Waals surface area contributed by atoms with E-state index < -0.39 is 62.4 Å². The number of esters is 2. The SMILES string of the molecule is CCCCC/C=C\C\C=C/C=C/C=C/[C@@H](SC[C@H](N)C(=O)O[C@H](COC(=O)CCCCCCCCCCCCCCCCCCC)COP(=O)(O)O)[C@@H](O)CCCC(=O)O. The Morgan fingerprint density at radius 3 is 1.80 bits per heavy atom. The first kappa shape index (κ1) is 57.8. The Kier molecular flexibility index (Phi) is 39.3. The molecule has 6 N–H and O–H groups in total. The quantitative estimate of drug-likeness (QED) is 0.0127. The molecule has 348 valence electrons. The van der Waals surface area contributed by atoms with Crippen LogP contribution in [0.2, 0.25) is 0 Å². The summed E-state index contributed by atoms with van der Waals surface area (Å²) in [6.45, 7) is 3.25. The second kappa shape index (κ2) is 40.8. The number of phosphoric acid groups is 1. The summed E-state index contributed by atoms with van der Waals surface area (Å²) in [4.78, 5) is 54.8. The fraction of sp³-hybridized carbons (Fsp3) is 0.761. The minimum absolute atomic E-state index is 0.00318. The summed E-state index contributed by atoms with van der Waals surface area (Å²) in [5.41, 5.74) is 6.13. The molecule has 0 spiro atoms. The number of rotatable bonds is 42. The Hall–Kier alpha value is -2.25. The number of carboxylic acid groups (broad SMARTS) is 1. The van der Waals surface area contributed by atoms with Gasteiger partial charge in [0, 0.05) is 23.8 Å². The van der Waals surface area contributed by atoms with Gasteiger partial charge < -0.3 is 35.2 Å². The standard InChI is InChI=1S/C46H82NO11PS/c1-3-5-7-9-11-13-15-17-18-19-20-21-23-25-27-29-31-36-45(51)56-37-40(38-57-59(53,54)55)58-46(52)41(47)39-60-43(42(48)33-32-35-44(49)50)34-30-28-26-24-22-16-14-12-10-8-6-4-2/h12,14,22,24,26,28,30,34,40-43,48H,3-11,13,15-21,23,25,27,29,31-33,35-39,47H2,1-2H3,(H,49,50)(H2,53,54,55)/b14-12-,24-22-,28-26+,34-30+/t40-,41+,42+,43-/m1/s1. The smallest absolute Gasteiger partial charge is 0.469 e. The highest BCUT2D eigenvalue weighted by Gasteiger charge is 2.27. The molecule has 0 aromatic heterocycles. The Labute approximate surface area is 366 Å². The maximum atomic E-state index is 13.0. The first-order chi connectivity index (χ1) is 28.9. The lowest BCUT2D eigenvalue weighted by Crippen LogP contribution is -2.40. The summed E-state index contributed by atoms with van der Waals surface area (Å²) in [6.07, 6.45) is 40.2. The van der Waals surface area contributed by atoms with Gasteiger partial charge in [-0.3, -0.25) is 18.9 Å². The number of allylic oxidation sites excluding steroid dienone is 7. The van der Waals surface area contributed by atoms with Crippen LogP contribution < -0.4 is 5.73 Å². The van der Waals surface area contributed by atoms with Gasteiger partial charge in [0.15, 0.2) is 6.10 Å². The number of unbranched alkanes of at least 4 members (excludes halogenated alkanes) is 19. The molecule has 0 rings (SSSR count). The van der Waals surface area contributed by atoms with Gasteiger partial charge in [-0.1, -0.05) is 178 Å². The number of hydrogen-bond acceptors (Lipinski definition) is 10. The van der Waals surface area contributed by atoms with E-state index in [2.05, 4.69) is 30.5 Å². The lowest BCUT2D eigenvalue weighted by molar-refractivity contribution is -0.161. The minimum atomic E-state index is -4.92. The zero-order valence-corrected chi connectivity index (χ0v) is 38.7. The summed E-state index contributed by atoms with van der Waals surface area (Å²) >= 11 is 1.18. The predicted octanol–water partition coefficient (Wildman–Crippen LogP) is 10.8. The van der Waals surface area contributed by atoms with E-state index in [1.165, 1.54) is 114 Å². The van der Waals surface area contributed by atoms with Gasteiger partial charge in [-0.05, 0) is 38.5 Å². The van der Waals surface area contributed by atoms with E-state index in [1.807, 2.05) is 18.2 Å². The fourth-order valence-corrected chi connectivity index (χ4v) is 7.75. The average Bonchev–Trinajstić information content (AvgIpc) is 3.20. The van der Waals surface area contributed by atoms with Crippen LogP contribution in [0.25, 0.3) is 0 Å². The largest absolute Gasteiger partial charge is 0.481 e. The van der Waals surface area contributed by atoms with Gasteiger partial charge in [-0.15, -0.1) is 11.8 Å². The summed E-state index contributed by atoms with van der Waals surface area (Å²) < 4.78 is 26.6. The van der Waals surface area contributed by atoms with Crippen LogP contribution in [0.1, 0.15) is 181 Å². The van der Waals surface area contributed by atoms with E-state index >= 15 is 0 Å². The van der Waals surface area contributed by atoms with Crippen LogP contribution in [0.15, 0.2) is 48.6 Å². The number of nitrogens with two attached hydrogens (primary N) is 1. The fourth-order valence-electron chi connectivity index (χ4n) is 6.27. The van der Waals surface area contributed by atoms with E-state index in [0.29, 0.717) is 6.42 Å². The molecule has 0 fully saturated rings. The number of carbonyl (C=O) groups is 3. The predicted molar refractivity (Wildman–Crippen MR) is 245 cm³/mol. The minimum Gasteiger partial charge on any atom is -0.481 e. The van der Waals surface area contributed by atoms with Crippen LogP contribution in [-0.4, -0.2) is 80.4 Å². The van der Waals surface area contributed by atoms with Crippen LogP contribution in [-0.2, 0) is 32.9 Å². The molecule has 14 heteroatoms. The summed E-state index contributed by atoms with van der Waals surface area (Å²) in [5.74, 6) is -2.38. The lowest BCUT2D eigenvalue weighted by atomic mass is 10.0. The van der Waals surface area contributed by atoms with Gasteiger partial charge in [0.2, 0.25) is 0 Å². The van der Waals surface area contributed by atoms with Crippen LogP contribution in [0, 0.1) is 0 Å². The number of aliphatic hydroxyl groups excluding tert-OH is 1. The molecule has 0 bridgehead atoms. The lowest BCUT2D eigenvalue weighted by Gasteiger charge is -2.23. The molecule has 0 unspecified atom stereocenters. The molecule has 0 amide bonds. The molecule has 60 heavy (non-hydrogen) atoms. The Balaban J connectivity index is 4.76. The van der Waals surface area contributed by atoms with E-state index in [9.17, 15) is 33.8 Å². The van der Waals surface area contributed by atoms with Crippen molar-refractivity contribution >= 4 is 37.5 Å². The van der Waals surface area contributed by atoms with Gasteiger partial charge >= 0.3 is 25.7 Å². The van der Waals surface area contributed by atoms with Gasteiger partial charge in [0.1, 0.15) is 12.6 Å². The number of carbonyl (C=O) groups excluding carboxylic acids is 2. The third kappa shape index (κ3) is 39.9. The summed E-state index contributed by atoms with van der Waals surface area (Å²) in [5, 5.41) is 19.3. The number of phosphoric ester groups is 1. The Bertz CT molecular complexity index is 1240. The van der Waals surface area contributed by atoms with Gasteiger partial charge in [0.25, 0.3) is 0 Å². The van der Waals surface area contributed by atoms with Crippen molar-refractivity contribution in [2.24, 2.45) is 5.73 Å². The molecular weight excluding hydrogens is 806 g/mol. The highest BCUT2D eigenvalue weighted by molar-refractivity contribution is 8.00. The van der Waals surface area contributed by atoms with Crippen molar-refractivity contribution in [1.82, 2.24) is 0 Å². The zero-order chi connectivity index (χ0) is 44.5. The molecule has 0 aliphatic rings. The van der Waals surface area contributed by atoms with Crippen molar-refractivity contribution in [3.8, 4) is 0 Å².